The zero-order valence-corrected chi connectivity index (χ0v) is 13.3. The molecule has 108 valence electrons. The molecular formula is C13H14BrF2N3S. The molecule has 3 nitrogen and oxygen atoms in total. The first-order chi connectivity index (χ1) is 9.63. The van der Waals surface area contributed by atoms with Gasteiger partial charge in [-0.3, -0.25) is 0 Å². The molecule has 0 fully saturated rings. The van der Waals surface area contributed by atoms with E-state index in [0.29, 0.717) is 0 Å². The van der Waals surface area contributed by atoms with Crippen LogP contribution in [-0.2, 0) is 6.42 Å². The van der Waals surface area contributed by atoms with Gasteiger partial charge in [-0.05, 0) is 59.0 Å². The van der Waals surface area contributed by atoms with Crippen molar-refractivity contribution >= 4 is 27.5 Å². The minimum Gasteiger partial charge on any atom is -0.309 e. The Hall–Kier alpha value is -0.920. The van der Waals surface area contributed by atoms with E-state index in [0.717, 1.165) is 17.8 Å². The number of nitrogens with one attached hydrogen (secondary N) is 1. The molecule has 0 aliphatic carbocycles. The van der Waals surface area contributed by atoms with Crippen LogP contribution in [0.4, 0.5) is 8.78 Å². The minimum absolute atomic E-state index is 0.0707. The Labute approximate surface area is 128 Å². The van der Waals surface area contributed by atoms with E-state index in [1.165, 1.54) is 23.7 Å². The first-order valence-electron chi connectivity index (χ1n) is 6.26. The zero-order chi connectivity index (χ0) is 14.5. The maximum atomic E-state index is 14.0. The lowest BCUT2D eigenvalue weighted by Crippen LogP contribution is -2.24. The van der Waals surface area contributed by atoms with Crippen LogP contribution in [0.5, 0.6) is 0 Å². The van der Waals surface area contributed by atoms with Crippen molar-refractivity contribution in [2.24, 2.45) is 0 Å². The third kappa shape index (κ3) is 3.59. The second kappa shape index (κ2) is 7.19. The van der Waals surface area contributed by atoms with Crippen molar-refractivity contribution in [1.82, 2.24) is 14.9 Å². The molecule has 0 bridgehead atoms. The summed E-state index contributed by atoms with van der Waals surface area (Å²) in [7, 11) is 0. The molecule has 1 unspecified atom stereocenters. The molecular weight excluding hydrogens is 348 g/mol. The summed E-state index contributed by atoms with van der Waals surface area (Å²) in [6.45, 7) is 2.80. The van der Waals surface area contributed by atoms with Gasteiger partial charge in [-0.15, -0.1) is 5.10 Å². The van der Waals surface area contributed by atoms with Crippen molar-refractivity contribution in [3.8, 4) is 0 Å². The van der Waals surface area contributed by atoms with Gasteiger partial charge >= 0.3 is 0 Å². The van der Waals surface area contributed by atoms with E-state index in [1.54, 1.807) is 6.20 Å². The average molecular weight is 362 g/mol. The quantitative estimate of drug-likeness (QED) is 0.793. The van der Waals surface area contributed by atoms with Gasteiger partial charge in [0, 0.05) is 11.6 Å². The van der Waals surface area contributed by atoms with Crippen molar-refractivity contribution in [1.29, 1.82) is 0 Å². The molecule has 0 amide bonds. The van der Waals surface area contributed by atoms with Crippen molar-refractivity contribution in [2.45, 2.75) is 25.8 Å². The Morgan fingerprint density at radius 1 is 1.40 bits per heavy atom. The third-order valence-electron chi connectivity index (χ3n) is 2.91. The van der Waals surface area contributed by atoms with Crippen LogP contribution in [-0.4, -0.2) is 16.1 Å². The van der Waals surface area contributed by atoms with E-state index in [4.69, 9.17) is 0 Å². The summed E-state index contributed by atoms with van der Waals surface area (Å²) in [5.41, 5.74) is 0.0707. The van der Waals surface area contributed by atoms with Crippen LogP contribution in [0.3, 0.4) is 0 Å². The van der Waals surface area contributed by atoms with Gasteiger partial charge in [0.05, 0.1) is 15.5 Å². The zero-order valence-electron chi connectivity index (χ0n) is 10.9. The molecule has 0 saturated heterocycles. The highest BCUT2D eigenvalue weighted by Crippen LogP contribution is 2.27. The van der Waals surface area contributed by atoms with Crippen LogP contribution in [0, 0.1) is 11.6 Å². The summed E-state index contributed by atoms with van der Waals surface area (Å²) in [6, 6.07) is 2.45. The predicted molar refractivity (Wildman–Crippen MR) is 78.7 cm³/mol. The standard InChI is InChI=1S/C13H14BrF2N3S/c1-2-5-17-11(12-7-18-19-20-12)6-8-10(15)4-3-9(14)13(8)16/h3-4,7,11,17H,2,5-6H2,1H3. The van der Waals surface area contributed by atoms with Crippen LogP contribution in [0.2, 0.25) is 0 Å². The molecule has 1 heterocycles. The summed E-state index contributed by atoms with van der Waals surface area (Å²) in [6.07, 6.45) is 2.79. The second-order valence-electron chi connectivity index (χ2n) is 4.35. The van der Waals surface area contributed by atoms with E-state index in [1.807, 2.05) is 6.92 Å². The van der Waals surface area contributed by atoms with E-state index < -0.39 is 11.6 Å². The molecule has 20 heavy (non-hydrogen) atoms. The normalized spacial score (nSPS) is 12.6. The Kier molecular flexibility index (Phi) is 5.56. The molecule has 1 atom stereocenters. The fraction of sp³-hybridized carbons (Fsp3) is 0.385. The Morgan fingerprint density at radius 2 is 2.20 bits per heavy atom. The molecule has 1 aromatic heterocycles. The maximum Gasteiger partial charge on any atom is 0.143 e. The molecule has 0 aliphatic rings. The maximum absolute atomic E-state index is 14.0. The topological polar surface area (TPSA) is 37.8 Å². The van der Waals surface area contributed by atoms with Gasteiger partial charge in [-0.25, -0.2) is 8.78 Å². The van der Waals surface area contributed by atoms with Crippen LogP contribution < -0.4 is 5.32 Å². The smallest absolute Gasteiger partial charge is 0.143 e. The van der Waals surface area contributed by atoms with Crippen molar-refractivity contribution in [2.75, 3.05) is 6.54 Å². The number of benzene rings is 1. The molecule has 2 rings (SSSR count). The number of halogens is 3. The first-order valence-corrected chi connectivity index (χ1v) is 7.83. The molecule has 0 saturated carbocycles. The van der Waals surface area contributed by atoms with E-state index in [-0.39, 0.29) is 22.5 Å². The van der Waals surface area contributed by atoms with Crippen molar-refractivity contribution in [3.05, 3.63) is 44.9 Å². The third-order valence-corrected chi connectivity index (χ3v) is 4.30. The molecule has 1 aromatic carbocycles. The number of nitrogens with zero attached hydrogens (tertiary/aromatic N) is 2. The van der Waals surface area contributed by atoms with Crippen LogP contribution in [0.15, 0.2) is 22.8 Å². The molecule has 7 heteroatoms. The van der Waals surface area contributed by atoms with Gasteiger partial charge in [0.25, 0.3) is 0 Å². The highest BCUT2D eigenvalue weighted by Gasteiger charge is 2.20. The van der Waals surface area contributed by atoms with E-state index in [9.17, 15) is 8.78 Å². The fourth-order valence-electron chi connectivity index (χ4n) is 1.88. The van der Waals surface area contributed by atoms with Gasteiger partial charge in [-0.1, -0.05) is 11.4 Å². The summed E-state index contributed by atoms with van der Waals surface area (Å²) >= 11 is 4.32. The molecule has 0 spiro atoms. The molecule has 0 radical (unpaired) electrons. The summed E-state index contributed by atoms with van der Waals surface area (Å²) in [5.74, 6) is -1.09. The molecule has 2 aromatic rings. The largest absolute Gasteiger partial charge is 0.309 e. The van der Waals surface area contributed by atoms with Gasteiger partial charge in [-0.2, -0.15) is 0 Å². The predicted octanol–water partition coefficient (Wildman–Crippen LogP) is 3.86. The number of rotatable bonds is 6. The molecule has 1 N–H and O–H groups in total. The van der Waals surface area contributed by atoms with Crippen LogP contribution >= 0.6 is 27.5 Å². The lowest BCUT2D eigenvalue weighted by molar-refractivity contribution is 0.492. The Bertz CT molecular complexity index is 563. The van der Waals surface area contributed by atoms with Crippen LogP contribution in [0.1, 0.15) is 29.8 Å². The minimum atomic E-state index is -0.550. The second-order valence-corrected chi connectivity index (χ2v) is 6.02. The van der Waals surface area contributed by atoms with Crippen molar-refractivity contribution < 1.29 is 8.78 Å². The van der Waals surface area contributed by atoms with Gasteiger partial charge in [0.1, 0.15) is 11.6 Å². The lowest BCUT2D eigenvalue weighted by atomic mass is 10.0. The highest BCUT2D eigenvalue weighted by atomic mass is 79.9. The lowest BCUT2D eigenvalue weighted by Gasteiger charge is -2.17. The fourth-order valence-corrected chi connectivity index (χ4v) is 2.83. The van der Waals surface area contributed by atoms with Crippen LogP contribution in [0.25, 0.3) is 0 Å². The highest BCUT2D eigenvalue weighted by molar-refractivity contribution is 9.10. The number of aromatic nitrogens is 2. The number of hydrogen-bond donors (Lipinski definition) is 1. The van der Waals surface area contributed by atoms with E-state index >= 15 is 0 Å². The Morgan fingerprint density at radius 3 is 2.85 bits per heavy atom. The monoisotopic (exact) mass is 361 g/mol. The number of hydrogen-bond acceptors (Lipinski definition) is 4. The van der Waals surface area contributed by atoms with Gasteiger partial charge in [0.2, 0.25) is 0 Å². The van der Waals surface area contributed by atoms with Gasteiger partial charge in [0.15, 0.2) is 0 Å². The molecule has 0 aliphatic heterocycles. The Balaban J connectivity index is 2.26. The summed E-state index contributed by atoms with van der Waals surface area (Å²) in [4.78, 5) is 0.872. The first kappa shape index (κ1) is 15.5. The average Bonchev–Trinajstić information content (AvgIpc) is 2.96. The van der Waals surface area contributed by atoms with Gasteiger partial charge < -0.3 is 5.32 Å². The SMILES string of the molecule is CCCNC(Cc1c(F)ccc(Br)c1F)c1cnns1. The summed E-state index contributed by atoms with van der Waals surface area (Å²) in [5, 5.41) is 7.06. The van der Waals surface area contributed by atoms with E-state index in [2.05, 4.69) is 30.8 Å². The van der Waals surface area contributed by atoms with Crippen molar-refractivity contribution in [3.63, 3.8) is 0 Å². The summed E-state index contributed by atoms with van der Waals surface area (Å²) < 4.78 is 32.0.